The normalized spacial score (nSPS) is 12.0. The second-order valence-electron chi connectivity index (χ2n) is 6.72. The summed E-state index contributed by atoms with van der Waals surface area (Å²) in [6, 6.07) is 30.4. The standard InChI is InChI=1S/C24H28N2/c25-19-22-12-7-13-23(18-22)24(15-14-20-8-3-1-4-9-20)26-17-16-21-10-5-2-6-11-21/h1-13,18,24,26H,14-17,19,25H2. The van der Waals surface area contributed by atoms with E-state index in [2.05, 4.69) is 90.2 Å². The Labute approximate surface area is 157 Å². The zero-order valence-electron chi connectivity index (χ0n) is 15.3. The topological polar surface area (TPSA) is 38.0 Å². The lowest BCUT2D eigenvalue weighted by atomic mass is 9.97. The Morgan fingerprint density at radius 2 is 1.31 bits per heavy atom. The SMILES string of the molecule is NCc1cccc(C(CCc2ccccc2)NCCc2ccccc2)c1. The monoisotopic (exact) mass is 344 g/mol. The maximum atomic E-state index is 5.84. The zero-order chi connectivity index (χ0) is 18.0. The molecule has 0 saturated carbocycles. The van der Waals surface area contributed by atoms with E-state index in [9.17, 15) is 0 Å². The lowest BCUT2D eigenvalue weighted by Crippen LogP contribution is -2.24. The van der Waals surface area contributed by atoms with Gasteiger partial charge in [-0.15, -0.1) is 0 Å². The van der Waals surface area contributed by atoms with Crippen LogP contribution in [0.1, 0.15) is 34.7 Å². The molecule has 1 unspecified atom stereocenters. The van der Waals surface area contributed by atoms with E-state index in [-0.39, 0.29) is 0 Å². The molecule has 26 heavy (non-hydrogen) atoms. The van der Waals surface area contributed by atoms with E-state index in [1.807, 2.05) is 0 Å². The van der Waals surface area contributed by atoms with Gasteiger partial charge in [0.15, 0.2) is 0 Å². The molecule has 0 bridgehead atoms. The molecule has 3 rings (SSSR count). The molecule has 0 radical (unpaired) electrons. The van der Waals surface area contributed by atoms with Crippen molar-refractivity contribution in [3.8, 4) is 0 Å². The highest BCUT2D eigenvalue weighted by Gasteiger charge is 2.11. The summed E-state index contributed by atoms with van der Waals surface area (Å²) in [5, 5.41) is 3.77. The van der Waals surface area contributed by atoms with Gasteiger partial charge in [-0.05, 0) is 48.1 Å². The average Bonchev–Trinajstić information content (AvgIpc) is 2.72. The van der Waals surface area contributed by atoms with E-state index < -0.39 is 0 Å². The summed E-state index contributed by atoms with van der Waals surface area (Å²) in [6.45, 7) is 1.56. The molecule has 0 aromatic heterocycles. The van der Waals surface area contributed by atoms with Gasteiger partial charge in [0.05, 0.1) is 0 Å². The number of nitrogens with two attached hydrogens (primary N) is 1. The highest BCUT2D eigenvalue weighted by molar-refractivity contribution is 5.27. The van der Waals surface area contributed by atoms with E-state index in [0.29, 0.717) is 12.6 Å². The van der Waals surface area contributed by atoms with Gasteiger partial charge in [-0.2, -0.15) is 0 Å². The Balaban J connectivity index is 1.65. The van der Waals surface area contributed by atoms with E-state index in [0.717, 1.165) is 25.8 Å². The Kier molecular flexibility index (Phi) is 7.00. The maximum absolute atomic E-state index is 5.84. The molecular formula is C24H28N2. The zero-order valence-corrected chi connectivity index (χ0v) is 15.3. The summed E-state index contributed by atoms with van der Waals surface area (Å²) in [5.41, 5.74) is 11.1. The molecule has 0 aliphatic rings. The minimum absolute atomic E-state index is 0.338. The molecule has 0 heterocycles. The number of hydrogen-bond donors (Lipinski definition) is 2. The van der Waals surface area contributed by atoms with Crippen molar-refractivity contribution in [1.29, 1.82) is 0 Å². The van der Waals surface area contributed by atoms with Gasteiger partial charge >= 0.3 is 0 Å². The Morgan fingerprint density at radius 1 is 0.692 bits per heavy atom. The molecule has 134 valence electrons. The van der Waals surface area contributed by atoms with Gasteiger partial charge in [-0.1, -0.05) is 84.9 Å². The van der Waals surface area contributed by atoms with Crippen LogP contribution in [0.3, 0.4) is 0 Å². The van der Waals surface area contributed by atoms with Crippen molar-refractivity contribution in [2.24, 2.45) is 5.73 Å². The van der Waals surface area contributed by atoms with Crippen LogP contribution >= 0.6 is 0 Å². The molecule has 1 atom stereocenters. The minimum Gasteiger partial charge on any atom is -0.326 e. The van der Waals surface area contributed by atoms with Crippen LogP contribution in [0.2, 0.25) is 0 Å². The van der Waals surface area contributed by atoms with Crippen molar-refractivity contribution in [3.63, 3.8) is 0 Å². The molecule has 3 aromatic rings. The molecule has 2 nitrogen and oxygen atoms in total. The van der Waals surface area contributed by atoms with Gasteiger partial charge < -0.3 is 11.1 Å². The van der Waals surface area contributed by atoms with Crippen LogP contribution in [0.15, 0.2) is 84.9 Å². The fourth-order valence-electron chi connectivity index (χ4n) is 3.31. The van der Waals surface area contributed by atoms with Gasteiger partial charge in [0.2, 0.25) is 0 Å². The highest BCUT2D eigenvalue weighted by Crippen LogP contribution is 2.21. The van der Waals surface area contributed by atoms with Crippen molar-refractivity contribution in [1.82, 2.24) is 5.32 Å². The Hall–Kier alpha value is -2.42. The largest absolute Gasteiger partial charge is 0.326 e. The summed E-state index contributed by atoms with van der Waals surface area (Å²) in [4.78, 5) is 0. The lowest BCUT2D eigenvalue weighted by Gasteiger charge is -2.20. The average molecular weight is 345 g/mol. The fourth-order valence-corrected chi connectivity index (χ4v) is 3.31. The fraction of sp³-hybridized carbons (Fsp3) is 0.250. The maximum Gasteiger partial charge on any atom is 0.0323 e. The van der Waals surface area contributed by atoms with Crippen molar-refractivity contribution in [2.75, 3.05) is 6.54 Å². The predicted octanol–water partition coefficient (Wildman–Crippen LogP) is 4.65. The first-order chi connectivity index (χ1) is 12.8. The molecule has 2 heteroatoms. The number of rotatable bonds is 9. The summed E-state index contributed by atoms with van der Waals surface area (Å²) in [5.74, 6) is 0. The highest BCUT2D eigenvalue weighted by atomic mass is 14.9. The smallest absolute Gasteiger partial charge is 0.0323 e. The van der Waals surface area contributed by atoms with Crippen molar-refractivity contribution >= 4 is 0 Å². The summed E-state index contributed by atoms with van der Waals surface area (Å²) in [7, 11) is 0. The molecule has 0 saturated heterocycles. The molecule has 0 aliphatic heterocycles. The molecular weight excluding hydrogens is 316 g/mol. The van der Waals surface area contributed by atoms with E-state index >= 15 is 0 Å². The van der Waals surface area contributed by atoms with Crippen LogP contribution in [0.5, 0.6) is 0 Å². The van der Waals surface area contributed by atoms with Crippen LogP contribution in [-0.2, 0) is 19.4 Å². The third kappa shape index (κ3) is 5.55. The Morgan fingerprint density at radius 3 is 1.96 bits per heavy atom. The van der Waals surface area contributed by atoms with E-state index in [4.69, 9.17) is 5.73 Å². The third-order valence-corrected chi connectivity index (χ3v) is 4.80. The molecule has 0 amide bonds. The third-order valence-electron chi connectivity index (χ3n) is 4.80. The van der Waals surface area contributed by atoms with Crippen LogP contribution in [0.25, 0.3) is 0 Å². The van der Waals surface area contributed by atoms with E-state index in [1.165, 1.54) is 22.3 Å². The molecule has 3 N–H and O–H groups in total. The second kappa shape index (κ2) is 9.91. The van der Waals surface area contributed by atoms with Gasteiger partial charge in [0, 0.05) is 12.6 Å². The number of benzene rings is 3. The first-order valence-electron chi connectivity index (χ1n) is 9.45. The second-order valence-corrected chi connectivity index (χ2v) is 6.72. The molecule has 3 aromatic carbocycles. The first-order valence-corrected chi connectivity index (χ1v) is 9.45. The van der Waals surface area contributed by atoms with Gasteiger partial charge in [-0.25, -0.2) is 0 Å². The number of aryl methyl sites for hydroxylation is 1. The Bertz CT molecular complexity index is 768. The van der Waals surface area contributed by atoms with Crippen LogP contribution in [0, 0.1) is 0 Å². The summed E-state index contributed by atoms with van der Waals surface area (Å²) in [6.07, 6.45) is 3.18. The van der Waals surface area contributed by atoms with Gasteiger partial charge in [-0.3, -0.25) is 0 Å². The molecule has 0 aliphatic carbocycles. The summed E-state index contributed by atoms with van der Waals surface area (Å²) < 4.78 is 0. The molecule has 0 fully saturated rings. The van der Waals surface area contributed by atoms with Crippen LogP contribution < -0.4 is 11.1 Å². The van der Waals surface area contributed by atoms with E-state index in [1.54, 1.807) is 0 Å². The van der Waals surface area contributed by atoms with Gasteiger partial charge in [0.1, 0.15) is 0 Å². The van der Waals surface area contributed by atoms with Crippen LogP contribution in [0.4, 0.5) is 0 Å². The first kappa shape index (κ1) is 18.4. The number of nitrogens with one attached hydrogen (secondary N) is 1. The molecule has 0 spiro atoms. The predicted molar refractivity (Wildman–Crippen MR) is 110 cm³/mol. The van der Waals surface area contributed by atoms with Crippen molar-refractivity contribution in [3.05, 3.63) is 107 Å². The number of hydrogen-bond acceptors (Lipinski definition) is 2. The van der Waals surface area contributed by atoms with Crippen LogP contribution in [-0.4, -0.2) is 6.54 Å². The minimum atomic E-state index is 0.338. The van der Waals surface area contributed by atoms with Crippen molar-refractivity contribution in [2.45, 2.75) is 31.8 Å². The quantitative estimate of drug-likeness (QED) is 0.593. The van der Waals surface area contributed by atoms with Gasteiger partial charge in [0.25, 0.3) is 0 Å². The van der Waals surface area contributed by atoms with Crippen molar-refractivity contribution < 1.29 is 0 Å². The lowest BCUT2D eigenvalue weighted by molar-refractivity contribution is 0.502. The summed E-state index contributed by atoms with van der Waals surface area (Å²) >= 11 is 0.